The summed E-state index contributed by atoms with van der Waals surface area (Å²) in [7, 11) is 0. The van der Waals surface area contributed by atoms with E-state index in [-0.39, 0.29) is 0 Å². The summed E-state index contributed by atoms with van der Waals surface area (Å²) in [4.78, 5) is 8.52. The smallest absolute Gasteiger partial charge is 0.249 e. The lowest BCUT2D eigenvalue weighted by Crippen LogP contribution is -2.24. The van der Waals surface area contributed by atoms with E-state index in [4.69, 9.17) is 0 Å². The maximum Gasteiger partial charge on any atom is 0.387 e. The van der Waals surface area contributed by atoms with E-state index in [1.165, 1.54) is 0 Å². The van der Waals surface area contributed by atoms with E-state index in [2.05, 4.69) is 19.3 Å². The van der Waals surface area contributed by atoms with Crippen molar-refractivity contribution in [3.63, 3.8) is 0 Å². The summed E-state index contributed by atoms with van der Waals surface area (Å²) in [5.41, 5.74) is 3.86. The summed E-state index contributed by atoms with van der Waals surface area (Å²) < 4.78 is 9.21. The summed E-state index contributed by atoms with van der Waals surface area (Å²) >= 11 is 0. The number of hydrogen-bond acceptors (Lipinski definition) is 2. The van der Waals surface area contributed by atoms with Gasteiger partial charge in [0.25, 0.3) is 0 Å². The van der Waals surface area contributed by atoms with Crippen LogP contribution in [-0.2, 0) is 0 Å². The summed E-state index contributed by atoms with van der Waals surface area (Å²) in [5, 5.41) is 0. The predicted molar refractivity (Wildman–Crippen MR) is 91.6 cm³/mol. The molecule has 1 saturated carbocycles. The van der Waals surface area contributed by atoms with Crippen molar-refractivity contribution >= 4 is 23.9 Å². The molecule has 2 heterocycles. The van der Waals surface area contributed by atoms with Gasteiger partial charge in [-0.05, 0) is 37.1 Å². The standard InChI is InChI=1S/C18H18N4/c1-2-10-18(22-14-16-8-4-6-12-20-16)17(9-1)21-13-15-7-3-5-11-19-15/h3-8,11-14H,1-2,9-10H2/q+2. The van der Waals surface area contributed by atoms with Crippen molar-refractivity contribution in [3.05, 3.63) is 60.2 Å². The second kappa shape index (κ2) is 7.28. The molecule has 2 aromatic rings. The van der Waals surface area contributed by atoms with Crippen molar-refractivity contribution in [3.8, 4) is 0 Å². The molecule has 108 valence electrons. The second-order valence-electron chi connectivity index (χ2n) is 5.13. The zero-order valence-electron chi connectivity index (χ0n) is 12.4. The molecule has 0 aliphatic heterocycles. The predicted octanol–water partition coefficient (Wildman–Crippen LogP) is 1.60. The monoisotopic (exact) mass is 290 g/mol. The third kappa shape index (κ3) is 3.86. The first-order chi connectivity index (χ1) is 10.9. The SMILES string of the molecule is C(=[N+]=C1CCCCC1=[N+]=Cc1ccccn1)c1ccccn1. The first-order valence-corrected chi connectivity index (χ1v) is 7.54. The van der Waals surface area contributed by atoms with Crippen LogP contribution in [0.3, 0.4) is 0 Å². The van der Waals surface area contributed by atoms with Gasteiger partial charge in [-0.1, -0.05) is 21.5 Å². The molecular formula is C18H18N4+2. The fourth-order valence-electron chi connectivity index (χ4n) is 2.34. The molecule has 0 atom stereocenters. The number of nitrogens with zero attached hydrogens (tertiary/aromatic N) is 4. The molecule has 0 radical (unpaired) electrons. The van der Waals surface area contributed by atoms with Crippen molar-refractivity contribution in [2.45, 2.75) is 25.7 Å². The van der Waals surface area contributed by atoms with Gasteiger partial charge < -0.3 is 0 Å². The average Bonchev–Trinajstić information content (AvgIpc) is 2.61. The van der Waals surface area contributed by atoms with Crippen LogP contribution in [0.4, 0.5) is 0 Å². The molecular weight excluding hydrogens is 272 g/mol. The molecule has 3 rings (SSSR count). The Hall–Kier alpha value is -2.80. The van der Waals surface area contributed by atoms with E-state index in [1.54, 1.807) is 12.4 Å². The minimum absolute atomic E-state index is 0.869. The van der Waals surface area contributed by atoms with Crippen molar-refractivity contribution in [2.75, 3.05) is 0 Å². The quantitative estimate of drug-likeness (QED) is 0.623. The Bertz CT molecular complexity index is 683. The highest BCUT2D eigenvalue weighted by Gasteiger charge is 2.31. The molecule has 0 aromatic carbocycles. The van der Waals surface area contributed by atoms with E-state index in [1.807, 2.05) is 48.8 Å². The van der Waals surface area contributed by atoms with Gasteiger partial charge in [-0.15, -0.1) is 0 Å². The molecule has 22 heavy (non-hydrogen) atoms. The van der Waals surface area contributed by atoms with Crippen LogP contribution in [0.1, 0.15) is 37.1 Å². The Kier molecular flexibility index (Phi) is 4.68. The number of pyridine rings is 2. The highest BCUT2D eigenvalue weighted by molar-refractivity contribution is 6.42. The minimum atomic E-state index is 0.869. The molecule has 4 heteroatoms. The van der Waals surface area contributed by atoms with Crippen LogP contribution in [0.25, 0.3) is 0 Å². The first kappa shape index (κ1) is 14.2. The van der Waals surface area contributed by atoms with Gasteiger partial charge in [0.2, 0.25) is 0 Å². The van der Waals surface area contributed by atoms with Crippen LogP contribution in [0, 0.1) is 0 Å². The number of hydrogen-bond donors (Lipinski definition) is 0. The van der Waals surface area contributed by atoms with Crippen molar-refractivity contribution < 1.29 is 0 Å². The Morgan fingerprint density at radius 2 is 1.23 bits per heavy atom. The van der Waals surface area contributed by atoms with Crippen LogP contribution in [0.5, 0.6) is 0 Å². The van der Waals surface area contributed by atoms with Gasteiger partial charge in [0.1, 0.15) is 11.4 Å². The van der Waals surface area contributed by atoms with Gasteiger partial charge in [0.15, 0.2) is 0 Å². The summed E-state index contributed by atoms with van der Waals surface area (Å²) in [6.07, 6.45) is 11.5. The molecule has 1 fully saturated rings. The molecule has 2 aromatic heterocycles. The Morgan fingerprint density at radius 1 is 0.727 bits per heavy atom. The van der Waals surface area contributed by atoms with E-state index < -0.39 is 0 Å². The fraction of sp³-hybridized carbons (Fsp3) is 0.222. The third-order valence-corrected chi connectivity index (χ3v) is 3.49. The molecule has 4 nitrogen and oxygen atoms in total. The molecule has 1 aliphatic rings. The molecule has 1 aliphatic carbocycles. The highest BCUT2D eigenvalue weighted by Crippen LogP contribution is 2.09. The summed E-state index contributed by atoms with van der Waals surface area (Å²) in [6, 6.07) is 11.6. The second-order valence-corrected chi connectivity index (χ2v) is 5.13. The lowest BCUT2D eigenvalue weighted by Gasteiger charge is -1.97. The Labute approximate surface area is 129 Å². The van der Waals surface area contributed by atoms with Gasteiger partial charge in [-0.3, -0.25) is 0 Å². The van der Waals surface area contributed by atoms with Crippen LogP contribution < -0.4 is 9.34 Å². The molecule has 0 spiro atoms. The minimum Gasteiger partial charge on any atom is -0.249 e. The van der Waals surface area contributed by atoms with E-state index in [0.717, 1.165) is 48.5 Å². The normalized spacial score (nSPS) is 14.0. The summed E-state index contributed by atoms with van der Waals surface area (Å²) in [5.74, 6) is 0. The van der Waals surface area contributed by atoms with Gasteiger partial charge in [0, 0.05) is 12.4 Å². The average molecular weight is 290 g/mol. The maximum absolute atomic E-state index is 4.61. The van der Waals surface area contributed by atoms with E-state index >= 15 is 0 Å². The molecule has 0 bridgehead atoms. The van der Waals surface area contributed by atoms with Crippen molar-refractivity contribution in [2.24, 2.45) is 0 Å². The van der Waals surface area contributed by atoms with E-state index in [9.17, 15) is 0 Å². The molecule has 0 saturated heterocycles. The van der Waals surface area contributed by atoms with Crippen LogP contribution >= 0.6 is 0 Å². The maximum atomic E-state index is 4.61. The topological polar surface area (TPSA) is 54.0 Å². The van der Waals surface area contributed by atoms with Gasteiger partial charge >= 0.3 is 23.9 Å². The fourth-order valence-corrected chi connectivity index (χ4v) is 2.34. The summed E-state index contributed by atoms with van der Waals surface area (Å²) in [6.45, 7) is 0. The Balaban J connectivity index is 1.92. The largest absolute Gasteiger partial charge is 0.387 e. The lowest BCUT2D eigenvalue weighted by molar-refractivity contribution is 0.776. The highest BCUT2D eigenvalue weighted by atomic mass is 14.7. The number of aromatic nitrogens is 2. The third-order valence-electron chi connectivity index (χ3n) is 3.49. The molecule has 0 amide bonds. The Morgan fingerprint density at radius 3 is 1.64 bits per heavy atom. The molecule has 0 N–H and O–H groups in total. The van der Waals surface area contributed by atoms with E-state index in [0.29, 0.717) is 0 Å². The van der Waals surface area contributed by atoms with Gasteiger partial charge in [0.05, 0.1) is 12.8 Å². The van der Waals surface area contributed by atoms with Crippen LogP contribution in [0.15, 0.2) is 48.8 Å². The van der Waals surface area contributed by atoms with Gasteiger partial charge in [-0.25, -0.2) is 9.97 Å². The first-order valence-electron chi connectivity index (χ1n) is 7.54. The zero-order chi connectivity index (χ0) is 15.0. The van der Waals surface area contributed by atoms with Crippen LogP contribution in [0.2, 0.25) is 0 Å². The molecule has 0 unspecified atom stereocenters. The van der Waals surface area contributed by atoms with Crippen molar-refractivity contribution in [1.82, 2.24) is 19.3 Å². The zero-order valence-corrected chi connectivity index (χ0v) is 12.4. The van der Waals surface area contributed by atoms with Gasteiger partial charge in [-0.2, -0.15) is 0 Å². The van der Waals surface area contributed by atoms with Crippen LogP contribution in [-0.4, -0.2) is 33.8 Å². The van der Waals surface area contributed by atoms with Crippen molar-refractivity contribution in [1.29, 1.82) is 0 Å². The number of rotatable bonds is 2. The lowest BCUT2D eigenvalue weighted by atomic mass is 9.96.